The highest BCUT2D eigenvalue weighted by atomic mass is 35.5. The number of aromatic nitrogens is 2. The quantitative estimate of drug-likeness (QED) is 0.481. The summed E-state index contributed by atoms with van der Waals surface area (Å²) in [4.78, 5) is 9.04. The molecule has 33 heavy (non-hydrogen) atoms. The van der Waals surface area contributed by atoms with Gasteiger partial charge in [0.2, 0.25) is 11.7 Å². The molecule has 0 saturated heterocycles. The third kappa shape index (κ3) is 6.65. The molecular weight excluding hydrogens is 438 g/mol. The van der Waals surface area contributed by atoms with Crippen LogP contribution in [0, 0.1) is 6.92 Å². The molecule has 0 saturated carbocycles. The second-order valence-corrected chi connectivity index (χ2v) is 9.20. The van der Waals surface area contributed by atoms with Crippen molar-refractivity contribution in [3.05, 3.63) is 63.7 Å². The zero-order chi connectivity index (χ0) is 24.0. The van der Waals surface area contributed by atoms with Gasteiger partial charge >= 0.3 is 0 Å². The summed E-state index contributed by atoms with van der Waals surface area (Å²) >= 11 is 6.22. The van der Waals surface area contributed by atoms with Crippen LogP contribution in [0.5, 0.6) is 0 Å². The lowest BCUT2D eigenvalue weighted by Gasteiger charge is -2.32. The zero-order valence-corrected chi connectivity index (χ0v) is 20.8. The third-order valence-corrected chi connectivity index (χ3v) is 6.18. The number of nitrogens with zero attached hydrogens (tertiary/aromatic N) is 4. The van der Waals surface area contributed by atoms with Crippen molar-refractivity contribution in [2.45, 2.75) is 46.1 Å². The fourth-order valence-corrected chi connectivity index (χ4v) is 4.05. The van der Waals surface area contributed by atoms with Crippen molar-refractivity contribution < 1.29 is 4.52 Å². The first kappa shape index (κ1) is 24.9. The summed E-state index contributed by atoms with van der Waals surface area (Å²) in [5.41, 5.74) is 16.2. The highest BCUT2D eigenvalue weighted by Gasteiger charge is 2.21. The molecule has 2 aromatic rings. The number of nitrogens with two attached hydrogens (primary N) is 2. The maximum absolute atomic E-state index is 6.38. The van der Waals surface area contributed by atoms with E-state index < -0.39 is 0 Å². The van der Waals surface area contributed by atoms with Crippen molar-refractivity contribution in [3.63, 3.8) is 0 Å². The van der Waals surface area contributed by atoms with Gasteiger partial charge in [-0.3, -0.25) is 0 Å². The van der Waals surface area contributed by atoms with Crippen molar-refractivity contribution >= 4 is 17.3 Å². The van der Waals surface area contributed by atoms with Gasteiger partial charge in [-0.25, -0.2) is 0 Å². The lowest BCUT2D eigenvalue weighted by molar-refractivity contribution is 0.298. The molecule has 1 aliphatic heterocycles. The van der Waals surface area contributed by atoms with Gasteiger partial charge in [-0.2, -0.15) is 4.98 Å². The van der Waals surface area contributed by atoms with Gasteiger partial charge in [-0.05, 0) is 69.2 Å². The van der Waals surface area contributed by atoms with Crippen LogP contribution in [0.3, 0.4) is 0 Å². The number of allylic oxidation sites excluding steroid dienone is 1. The van der Waals surface area contributed by atoms with E-state index in [0.717, 1.165) is 50.3 Å². The summed E-state index contributed by atoms with van der Waals surface area (Å²) in [6.07, 6.45) is 3.89. The van der Waals surface area contributed by atoms with E-state index in [1.54, 1.807) is 0 Å². The first-order valence-corrected chi connectivity index (χ1v) is 11.9. The van der Waals surface area contributed by atoms with Gasteiger partial charge in [0.15, 0.2) is 0 Å². The van der Waals surface area contributed by atoms with E-state index in [4.69, 9.17) is 27.6 Å². The summed E-state index contributed by atoms with van der Waals surface area (Å²) in [6, 6.07) is 5.92. The smallest absolute Gasteiger partial charge is 0.229 e. The molecule has 0 fully saturated rings. The molecule has 1 unspecified atom stereocenters. The minimum atomic E-state index is 0.154. The Morgan fingerprint density at radius 2 is 2.18 bits per heavy atom. The van der Waals surface area contributed by atoms with Crippen LogP contribution in [0.15, 0.2) is 40.3 Å². The average Bonchev–Trinajstić information content (AvgIpc) is 3.28. The normalized spacial score (nSPS) is 15.8. The average molecular weight is 474 g/mol. The van der Waals surface area contributed by atoms with Crippen molar-refractivity contribution in [3.8, 4) is 0 Å². The predicted octanol–water partition coefficient (Wildman–Crippen LogP) is 3.40. The second-order valence-electron chi connectivity index (χ2n) is 8.77. The maximum atomic E-state index is 6.38. The Hall–Kier alpha value is -2.71. The maximum Gasteiger partial charge on any atom is 0.229 e. The van der Waals surface area contributed by atoms with Crippen LogP contribution in [0.1, 0.15) is 55.4 Å². The third-order valence-electron chi connectivity index (χ3n) is 5.95. The predicted molar refractivity (Wildman–Crippen MR) is 133 cm³/mol. The Kier molecular flexibility index (Phi) is 8.63. The standard InChI is InChI=1S/C24H36ClN7O/c1-5-10-31(4)11-8-17(3)24-29-23(30-33-24)20(26)14-21-22(27)28-9-12-32(21)15-18-13-19(25)7-6-16(18)2/h6-7,13-14,17,28H,5,8-12,15,26-27H2,1-4H3/b20-14-. The van der Waals surface area contributed by atoms with Crippen LogP contribution in [0.2, 0.25) is 5.02 Å². The minimum Gasteiger partial charge on any atom is -0.396 e. The molecule has 1 aliphatic rings. The number of nitrogens with one attached hydrogen (secondary N) is 1. The van der Waals surface area contributed by atoms with E-state index in [1.807, 2.05) is 24.3 Å². The molecule has 8 nitrogen and oxygen atoms in total. The number of hydrogen-bond donors (Lipinski definition) is 3. The lowest BCUT2D eigenvalue weighted by atomic mass is 10.1. The molecule has 2 heterocycles. The van der Waals surface area contributed by atoms with Gasteiger partial charge < -0.3 is 31.1 Å². The van der Waals surface area contributed by atoms with E-state index in [-0.39, 0.29) is 5.92 Å². The molecular formula is C24H36ClN7O. The molecule has 0 amide bonds. The van der Waals surface area contributed by atoms with Gasteiger partial charge in [-0.1, -0.05) is 36.7 Å². The van der Waals surface area contributed by atoms with Gasteiger partial charge in [-0.15, -0.1) is 0 Å². The highest BCUT2D eigenvalue weighted by Crippen LogP contribution is 2.23. The topological polar surface area (TPSA) is 109 Å². The fourth-order valence-electron chi connectivity index (χ4n) is 3.85. The van der Waals surface area contributed by atoms with Crippen molar-refractivity contribution in [1.82, 2.24) is 25.3 Å². The molecule has 3 rings (SSSR count). The van der Waals surface area contributed by atoms with Crippen molar-refractivity contribution in [2.24, 2.45) is 11.5 Å². The number of benzene rings is 1. The molecule has 1 aromatic heterocycles. The molecule has 0 radical (unpaired) electrons. The van der Waals surface area contributed by atoms with E-state index in [0.29, 0.717) is 34.8 Å². The monoisotopic (exact) mass is 473 g/mol. The molecule has 9 heteroatoms. The number of halogens is 1. The summed E-state index contributed by atoms with van der Waals surface area (Å²) in [7, 11) is 2.13. The summed E-state index contributed by atoms with van der Waals surface area (Å²) in [5.74, 6) is 1.70. The van der Waals surface area contributed by atoms with Crippen LogP contribution in [0.4, 0.5) is 0 Å². The molecule has 5 N–H and O–H groups in total. The Labute approximate surface area is 201 Å². The van der Waals surface area contributed by atoms with Crippen LogP contribution in [0.25, 0.3) is 5.70 Å². The summed E-state index contributed by atoms with van der Waals surface area (Å²) in [5, 5.41) is 8.04. The van der Waals surface area contributed by atoms with Gasteiger partial charge in [0.25, 0.3) is 0 Å². The first-order chi connectivity index (χ1) is 15.8. The molecule has 0 bridgehead atoms. The first-order valence-electron chi connectivity index (χ1n) is 11.5. The molecule has 0 spiro atoms. The van der Waals surface area contributed by atoms with E-state index >= 15 is 0 Å². The molecule has 0 aliphatic carbocycles. The van der Waals surface area contributed by atoms with E-state index in [2.05, 4.69) is 53.1 Å². The van der Waals surface area contributed by atoms with Crippen molar-refractivity contribution in [1.29, 1.82) is 0 Å². The van der Waals surface area contributed by atoms with Crippen molar-refractivity contribution in [2.75, 3.05) is 33.2 Å². The summed E-state index contributed by atoms with van der Waals surface area (Å²) in [6.45, 7) is 10.6. The van der Waals surface area contributed by atoms with Crippen LogP contribution >= 0.6 is 11.6 Å². The Morgan fingerprint density at radius 1 is 1.39 bits per heavy atom. The van der Waals surface area contributed by atoms with Crippen LogP contribution in [-0.4, -0.2) is 53.2 Å². The zero-order valence-electron chi connectivity index (χ0n) is 20.1. The molecule has 1 aromatic carbocycles. The fraction of sp³-hybridized carbons (Fsp3) is 0.500. The van der Waals surface area contributed by atoms with E-state index in [1.165, 1.54) is 5.56 Å². The largest absolute Gasteiger partial charge is 0.396 e. The number of hydrogen-bond acceptors (Lipinski definition) is 8. The van der Waals surface area contributed by atoms with E-state index in [9.17, 15) is 0 Å². The number of rotatable bonds is 10. The highest BCUT2D eigenvalue weighted by molar-refractivity contribution is 6.30. The van der Waals surface area contributed by atoms with Crippen LogP contribution in [-0.2, 0) is 6.54 Å². The Bertz CT molecular complexity index is 1000. The SMILES string of the molecule is CCCN(C)CCC(C)c1nc(/C(N)=C/C2=C(N)NCCN2Cc2cc(Cl)ccc2C)no1. The lowest BCUT2D eigenvalue weighted by Crippen LogP contribution is -2.41. The van der Waals surface area contributed by atoms with Crippen LogP contribution < -0.4 is 16.8 Å². The molecule has 180 valence electrons. The Balaban J connectivity index is 1.74. The minimum absolute atomic E-state index is 0.154. The Morgan fingerprint density at radius 3 is 2.94 bits per heavy atom. The van der Waals surface area contributed by atoms with Gasteiger partial charge in [0.1, 0.15) is 5.82 Å². The second kappa shape index (κ2) is 11.4. The van der Waals surface area contributed by atoms with Gasteiger partial charge in [0, 0.05) is 30.6 Å². The summed E-state index contributed by atoms with van der Waals surface area (Å²) < 4.78 is 5.52. The number of aryl methyl sites for hydroxylation is 1. The molecule has 1 atom stereocenters. The van der Waals surface area contributed by atoms with Gasteiger partial charge in [0.05, 0.1) is 11.4 Å².